The first-order valence-corrected chi connectivity index (χ1v) is 8.49. The number of hydrogen-bond donors (Lipinski definition) is 1. The number of carbonyl (C=O) groups is 3. The van der Waals surface area contributed by atoms with Gasteiger partial charge in [0.05, 0.1) is 14.2 Å². The Hall–Kier alpha value is -2.77. The maximum Gasteiger partial charge on any atom is 0.312 e. The number of nitrogens with one attached hydrogen (secondary N) is 1. The molecule has 0 aromatic heterocycles. The van der Waals surface area contributed by atoms with Crippen molar-refractivity contribution in [1.29, 1.82) is 0 Å². The van der Waals surface area contributed by atoms with Crippen molar-refractivity contribution in [2.45, 2.75) is 13.3 Å². The standard InChI is InChI=1S/C18H25N3O5/c1-13(22)20-8-10-21(11-9-20)18(24)17(23)19-7-6-14-4-5-15(25-2)16(12-14)26-3/h4-5,12H,6-11H2,1-3H3,(H,19,23). The Kier molecular flexibility index (Phi) is 6.82. The minimum Gasteiger partial charge on any atom is -0.493 e. The molecule has 0 saturated carbocycles. The van der Waals surface area contributed by atoms with Crippen molar-refractivity contribution in [2.75, 3.05) is 46.9 Å². The average Bonchev–Trinajstić information content (AvgIpc) is 2.67. The summed E-state index contributed by atoms with van der Waals surface area (Å²) in [5.74, 6) is 0.0645. The zero-order valence-electron chi connectivity index (χ0n) is 15.4. The third-order valence-electron chi connectivity index (χ3n) is 4.35. The van der Waals surface area contributed by atoms with Gasteiger partial charge in [-0.25, -0.2) is 0 Å². The first-order chi connectivity index (χ1) is 12.5. The summed E-state index contributed by atoms with van der Waals surface area (Å²) < 4.78 is 10.4. The van der Waals surface area contributed by atoms with Gasteiger partial charge in [0.15, 0.2) is 11.5 Å². The van der Waals surface area contributed by atoms with Crippen molar-refractivity contribution in [3.63, 3.8) is 0 Å². The first-order valence-electron chi connectivity index (χ1n) is 8.49. The van der Waals surface area contributed by atoms with Gasteiger partial charge in [0.2, 0.25) is 5.91 Å². The van der Waals surface area contributed by atoms with Crippen LogP contribution in [0.15, 0.2) is 18.2 Å². The van der Waals surface area contributed by atoms with Gasteiger partial charge in [0.25, 0.3) is 0 Å². The zero-order valence-corrected chi connectivity index (χ0v) is 15.4. The molecule has 1 aliphatic rings. The van der Waals surface area contributed by atoms with E-state index in [0.717, 1.165) is 5.56 Å². The van der Waals surface area contributed by atoms with Crippen molar-refractivity contribution >= 4 is 17.7 Å². The number of benzene rings is 1. The molecule has 8 nitrogen and oxygen atoms in total. The number of piperazine rings is 1. The summed E-state index contributed by atoms with van der Waals surface area (Å²) in [6, 6.07) is 5.53. The number of rotatable bonds is 5. The molecule has 1 aromatic rings. The van der Waals surface area contributed by atoms with Gasteiger partial charge in [-0.15, -0.1) is 0 Å². The van der Waals surface area contributed by atoms with Gasteiger partial charge < -0.3 is 24.6 Å². The maximum atomic E-state index is 12.2. The predicted molar refractivity (Wildman–Crippen MR) is 95.1 cm³/mol. The number of carbonyl (C=O) groups excluding carboxylic acids is 3. The summed E-state index contributed by atoms with van der Waals surface area (Å²) in [4.78, 5) is 38.7. The highest BCUT2D eigenvalue weighted by Gasteiger charge is 2.26. The molecule has 2 rings (SSSR count). The third kappa shape index (κ3) is 4.87. The second-order valence-electron chi connectivity index (χ2n) is 5.99. The molecule has 0 atom stereocenters. The van der Waals surface area contributed by atoms with E-state index in [1.54, 1.807) is 25.2 Å². The topological polar surface area (TPSA) is 88.2 Å². The Labute approximate surface area is 153 Å². The Morgan fingerprint density at radius 2 is 1.62 bits per heavy atom. The molecule has 0 aliphatic carbocycles. The normalized spacial score (nSPS) is 14.0. The van der Waals surface area contributed by atoms with Crippen LogP contribution >= 0.6 is 0 Å². The maximum absolute atomic E-state index is 12.2. The van der Waals surface area contributed by atoms with Gasteiger partial charge in [-0.05, 0) is 24.1 Å². The minimum absolute atomic E-state index is 0.0172. The Bertz CT molecular complexity index is 669. The van der Waals surface area contributed by atoms with Crippen LogP contribution in [0.5, 0.6) is 11.5 Å². The van der Waals surface area contributed by atoms with Gasteiger partial charge in [0, 0.05) is 39.6 Å². The molecule has 3 amide bonds. The Balaban J connectivity index is 1.80. The largest absolute Gasteiger partial charge is 0.493 e. The van der Waals surface area contributed by atoms with Crippen molar-refractivity contribution in [2.24, 2.45) is 0 Å². The lowest BCUT2D eigenvalue weighted by molar-refractivity contribution is -0.148. The van der Waals surface area contributed by atoms with Gasteiger partial charge in [0.1, 0.15) is 0 Å². The molecule has 0 radical (unpaired) electrons. The summed E-state index contributed by atoms with van der Waals surface area (Å²) in [5, 5.41) is 2.65. The summed E-state index contributed by atoms with van der Waals surface area (Å²) >= 11 is 0. The number of nitrogens with zero attached hydrogens (tertiary/aromatic N) is 2. The molecule has 0 spiro atoms. The van der Waals surface area contributed by atoms with Crippen LogP contribution in [0.4, 0.5) is 0 Å². The fourth-order valence-corrected chi connectivity index (χ4v) is 2.80. The summed E-state index contributed by atoms with van der Waals surface area (Å²) in [5.41, 5.74) is 0.963. The minimum atomic E-state index is -0.623. The van der Waals surface area contributed by atoms with Gasteiger partial charge in [-0.2, -0.15) is 0 Å². The highest BCUT2D eigenvalue weighted by atomic mass is 16.5. The van der Waals surface area contributed by atoms with Crippen LogP contribution in [0, 0.1) is 0 Å². The van der Waals surface area contributed by atoms with Gasteiger partial charge in [-0.3, -0.25) is 14.4 Å². The highest BCUT2D eigenvalue weighted by Crippen LogP contribution is 2.27. The van der Waals surface area contributed by atoms with E-state index in [0.29, 0.717) is 50.6 Å². The molecule has 1 heterocycles. The smallest absolute Gasteiger partial charge is 0.312 e. The second-order valence-corrected chi connectivity index (χ2v) is 5.99. The number of hydrogen-bond acceptors (Lipinski definition) is 5. The Morgan fingerprint density at radius 3 is 2.19 bits per heavy atom. The van der Waals surface area contributed by atoms with Crippen LogP contribution < -0.4 is 14.8 Å². The molecule has 142 valence electrons. The van der Waals surface area contributed by atoms with E-state index in [1.165, 1.54) is 11.8 Å². The van der Waals surface area contributed by atoms with E-state index in [-0.39, 0.29) is 5.91 Å². The molecular formula is C18H25N3O5. The zero-order chi connectivity index (χ0) is 19.1. The molecule has 1 saturated heterocycles. The fraction of sp³-hybridized carbons (Fsp3) is 0.500. The molecule has 26 heavy (non-hydrogen) atoms. The van der Waals surface area contributed by atoms with Gasteiger partial charge >= 0.3 is 11.8 Å². The fourth-order valence-electron chi connectivity index (χ4n) is 2.80. The quantitative estimate of drug-likeness (QED) is 0.747. The third-order valence-corrected chi connectivity index (χ3v) is 4.35. The van der Waals surface area contributed by atoms with Crippen molar-refractivity contribution in [3.8, 4) is 11.5 Å². The monoisotopic (exact) mass is 363 g/mol. The van der Waals surface area contributed by atoms with Crippen molar-refractivity contribution in [1.82, 2.24) is 15.1 Å². The van der Waals surface area contributed by atoms with E-state index < -0.39 is 11.8 Å². The SMILES string of the molecule is COc1ccc(CCNC(=O)C(=O)N2CCN(C(C)=O)CC2)cc1OC. The summed E-state index contributed by atoms with van der Waals surface area (Å²) in [7, 11) is 3.13. The molecule has 0 bridgehead atoms. The molecular weight excluding hydrogens is 338 g/mol. The van der Waals surface area contributed by atoms with Crippen LogP contribution in [0.25, 0.3) is 0 Å². The van der Waals surface area contributed by atoms with Crippen LogP contribution in [-0.2, 0) is 20.8 Å². The van der Waals surface area contributed by atoms with E-state index in [2.05, 4.69) is 5.32 Å². The van der Waals surface area contributed by atoms with Crippen molar-refractivity contribution in [3.05, 3.63) is 23.8 Å². The van der Waals surface area contributed by atoms with E-state index >= 15 is 0 Å². The molecule has 1 aromatic carbocycles. The summed E-state index contributed by atoms with van der Waals surface area (Å²) in [6.07, 6.45) is 0.567. The predicted octanol–water partition coefficient (Wildman–Crippen LogP) is 0.0532. The van der Waals surface area contributed by atoms with Crippen molar-refractivity contribution < 1.29 is 23.9 Å². The van der Waals surface area contributed by atoms with E-state index in [9.17, 15) is 14.4 Å². The van der Waals surface area contributed by atoms with E-state index in [1.807, 2.05) is 12.1 Å². The molecule has 8 heteroatoms. The van der Waals surface area contributed by atoms with E-state index in [4.69, 9.17) is 9.47 Å². The Morgan fingerprint density at radius 1 is 1.00 bits per heavy atom. The van der Waals surface area contributed by atoms with Crippen LogP contribution in [0.2, 0.25) is 0 Å². The lowest BCUT2D eigenvalue weighted by atomic mass is 10.1. The number of amides is 3. The molecule has 1 fully saturated rings. The molecule has 1 aliphatic heterocycles. The lowest BCUT2D eigenvalue weighted by Gasteiger charge is -2.33. The molecule has 0 unspecified atom stereocenters. The van der Waals surface area contributed by atoms with Crippen LogP contribution in [0.1, 0.15) is 12.5 Å². The lowest BCUT2D eigenvalue weighted by Crippen LogP contribution is -2.53. The molecule has 1 N–H and O–H groups in total. The first kappa shape index (κ1) is 19.6. The summed E-state index contributed by atoms with van der Waals surface area (Å²) in [6.45, 7) is 3.51. The van der Waals surface area contributed by atoms with Crippen LogP contribution in [0.3, 0.4) is 0 Å². The number of ether oxygens (including phenoxy) is 2. The van der Waals surface area contributed by atoms with Gasteiger partial charge in [-0.1, -0.05) is 6.07 Å². The second kappa shape index (κ2) is 9.07. The highest BCUT2D eigenvalue weighted by molar-refractivity contribution is 6.35. The van der Waals surface area contributed by atoms with Crippen LogP contribution in [-0.4, -0.2) is 74.5 Å². The average molecular weight is 363 g/mol. The number of methoxy groups -OCH3 is 2.